The summed E-state index contributed by atoms with van der Waals surface area (Å²) < 4.78 is 8.87. The molecule has 4 rings (SSSR count). The Hall–Kier alpha value is -2.97. The second kappa shape index (κ2) is 9.72. The van der Waals surface area contributed by atoms with Crippen molar-refractivity contribution in [2.45, 2.75) is 52.9 Å². The van der Waals surface area contributed by atoms with Crippen LogP contribution in [-0.2, 0) is 24.4 Å². The Kier molecular flexibility index (Phi) is 6.91. The third-order valence-electron chi connectivity index (χ3n) is 5.79. The number of ether oxygens (including phenoxy) is 1. The van der Waals surface area contributed by atoms with Gasteiger partial charge in [0.15, 0.2) is 0 Å². The molecule has 7 nitrogen and oxygen atoms in total. The van der Waals surface area contributed by atoms with E-state index in [1.54, 1.807) is 0 Å². The van der Waals surface area contributed by atoms with Crippen LogP contribution >= 0.6 is 15.9 Å². The summed E-state index contributed by atoms with van der Waals surface area (Å²) in [5, 5.41) is 10.6. The molecule has 0 aliphatic rings. The molecule has 0 atom stereocenters. The number of carboxylic acid groups (broad SMARTS) is 1. The number of halogens is 1. The van der Waals surface area contributed by atoms with Gasteiger partial charge in [0.25, 0.3) is 0 Å². The van der Waals surface area contributed by atoms with E-state index in [9.17, 15) is 9.90 Å². The summed E-state index contributed by atoms with van der Waals surface area (Å²) in [4.78, 5) is 22.5. The number of imidazole rings is 1. The molecule has 0 spiro atoms. The van der Waals surface area contributed by atoms with Gasteiger partial charge >= 0.3 is 6.09 Å². The van der Waals surface area contributed by atoms with Gasteiger partial charge in [-0.15, -0.1) is 0 Å². The summed E-state index contributed by atoms with van der Waals surface area (Å²) in [5.74, 6) is 0.850. The zero-order valence-corrected chi connectivity index (χ0v) is 21.5. The second-order valence-electron chi connectivity index (χ2n) is 9.26. The molecule has 4 aromatic rings. The van der Waals surface area contributed by atoms with Gasteiger partial charge in [-0.3, -0.25) is 9.88 Å². The number of nitrogens with zero attached hydrogens (tertiary/aromatic N) is 4. The van der Waals surface area contributed by atoms with Gasteiger partial charge in [0.1, 0.15) is 17.9 Å². The standard InChI is InChI=1S/C26H29BrN4O3/c1-5-34-16-23-29-22-13-28-21-12-19(27)10-11-20(21)24(22)30(23)14-17-6-8-18(9-7-17)15-31(25(32)33)26(2,3)4/h6-13H,5,14-16H2,1-4H3,(H,32,33). The van der Waals surface area contributed by atoms with Gasteiger partial charge in [-0.2, -0.15) is 0 Å². The number of hydrogen-bond donors (Lipinski definition) is 1. The van der Waals surface area contributed by atoms with Gasteiger partial charge in [0.2, 0.25) is 0 Å². The van der Waals surface area contributed by atoms with Gasteiger partial charge in [-0.1, -0.05) is 40.2 Å². The van der Waals surface area contributed by atoms with Crippen LogP contribution < -0.4 is 0 Å². The van der Waals surface area contributed by atoms with E-state index in [2.05, 4.69) is 31.5 Å². The normalized spacial score (nSPS) is 11.9. The summed E-state index contributed by atoms with van der Waals surface area (Å²) in [7, 11) is 0. The number of aromatic nitrogens is 3. The first-order chi connectivity index (χ1) is 16.2. The van der Waals surface area contributed by atoms with Crippen LogP contribution in [0.2, 0.25) is 0 Å². The number of hydrogen-bond acceptors (Lipinski definition) is 4. The van der Waals surface area contributed by atoms with Crippen LogP contribution in [0.5, 0.6) is 0 Å². The van der Waals surface area contributed by atoms with Crippen LogP contribution in [0.15, 0.2) is 53.1 Å². The lowest BCUT2D eigenvalue weighted by atomic mass is 10.0. The number of amides is 1. The van der Waals surface area contributed by atoms with Crippen molar-refractivity contribution in [1.82, 2.24) is 19.4 Å². The Morgan fingerprint density at radius 1 is 1.12 bits per heavy atom. The molecule has 1 N–H and O–H groups in total. The van der Waals surface area contributed by atoms with Crippen molar-refractivity contribution >= 4 is 44.0 Å². The Morgan fingerprint density at radius 2 is 1.82 bits per heavy atom. The van der Waals surface area contributed by atoms with Crippen LogP contribution in [-0.4, -0.2) is 42.8 Å². The van der Waals surface area contributed by atoms with Crippen molar-refractivity contribution in [3.63, 3.8) is 0 Å². The summed E-state index contributed by atoms with van der Waals surface area (Å²) in [6.45, 7) is 9.66. The molecule has 0 aliphatic heterocycles. The van der Waals surface area contributed by atoms with Crippen molar-refractivity contribution in [2.24, 2.45) is 0 Å². The van der Waals surface area contributed by atoms with Crippen LogP contribution in [0.25, 0.3) is 21.9 Å². The predicted octanol–water partition coefficient (Wildman–Crippen LogP) is 6.21. The predicted molar refractivity (Wildman–Crippen MR) is 137 cm³/mol. The summed E-state index contributed by atoms with van der Waals surface area (Å²) in [6.07, 6.45) is 0.890. The molecule has 2 aromatic carbocycles. The number of fused-ring (bicyclic) bond motifs is 3. The zero-order valence-electron chi connectivity index (χ0n) is 19.9. The molecule has 0 saturated carbocycles. The first-order valence-electron chi connectivity index (χ1n) is 11.3. The fraction of sp³-hybridized carbons (Fsp3) is 0.346. The number of benzene rings is 2. The summed E-state index contributed by atoms with van der Waals surface area (Å²) >= 11 is 3.53. The third kappa shape index (κ3) is 5.08. The van der Waals surface area contributed by atoms with Crippen molar-refractivity contribution < 1.29 is 14.6 Å². The Bertz CT molecular complexity index is 1330. The highest BCUT2D eigenvalue weighted by atomic mass is 79.9. The molecule has 2 heterocycles. The number of pyridine rings is 1. The molecule has 1 amide bonds. The Morgan fingerprint density at radius 3 is 2.47 bits per heavy atom. The van der Waals surface area contributed by atoms with Gasteiger partial charge in [0, 0.05) is 35.1 Å². The third-order valence-corrected chi connectivity index (χ3v) is 6.29. The molecule has 0 fully saturated rings. The molecular weight excluding hydrogens is 496 g/mol. The highest BCUT2D eigenvalue weighted by Gasteiger charge is 2.26. The molecule has 0 aliphatic carbocycles. The van der Waals surface area contributed by atoms with Gasteiger partial charge < -0.3 is 14.4 Å². The summed E-state index contributed by atoms with van der Waals surface area (Å²) in [5.41, 5.74) is 4.34. The lowest BCUT2D eigenvalue weighted by Gasteiger charge is -2.33. The minimum atomic E-state index is -0.922. The van der Waals surface area contributed by atoms with E-state index < -0.39 is 11.6 Å². The minimum absolute atomic E-state index is 0.341. The van der Waals surface area contributed by atoms with Crippen LogP contribution in [0, 0.1) is 0 Å². The van der Waals surface area contributed by atoms with E-state index in [1.807, 2.05) is 70.3 Å². The second-order valence-corrected chi connectivity index (χ2v) is 10.2. The Balaban J connectivity index is 1.70. The van der Waals surface area contributed by atoms with Crippen molar-refractivity contribution in [3.05, 3.63) is 70.1 Å². The van der Waals surface area contributed by atoms with E-state index in [4.69, 9.17) is 9.72 Å². The fourth-order valence-corrected chi connectivity index (χ4v) is 4.37. The topological polar surface area (TPSA) is 80.5 Å². The fourth-order valence-electron chi connectivity index (χ4n) is 4.02. The monoisotopic (exact) mass is 524 g/mol. The largest absolute Gasteiger partial charge is 0.465 e. The maximum absolute atomic E-state index is 11.7. The summed E-state index contributed by atoms with van der Waals surface area (Å²) in [6, 6.07) is 14.2. The van der Waals surface area contributed by atoms with Crippen LogP contribution in [0.4, 0.5) is 4.79 Å². The highest BCUT2D eigenvalue weighted by molar-refractivity contribution is 9.10. The highest BCUT2D eigenvalue weighted by Crippen LogP contribution is 2.28. The van der Waals surface area contributed by atoms with Gasteiger partial charge in [0.05, 0.1) is 17.2 Å². The molecule has 0 unspecified atom stereocenters. The molecule has 2 aromatic heterocycles. The van der Waals surface area contributed by atoms with Crippen LogP contribution in [0.1, 0.15) is 44.6 Å². The molecule has 34 heavy (non-hydrogen) atoms. The minimum Gasteiger partial charge on any atom is -0.465 e. The average molecular weight is 525 g/mol. The van der Waals surface area contributed by atoms with E-state index in [0.29, 0.717) is 26.3 Å². The SMILES string of the molecule is CCOCc1nc2cnc3cc(Br)ccc3c2n1Cc1ccc(CN(C(=O)O)C(C)(C)C)cc1. The van der Waals surface area contributed by atoms with E-state index in [1.165, 1.54) is 4.90 Å². The first kappa shape index (κ1) is 24.2. The van der Waals surface area contributed by atoms with Crippen LogP contribution in [0.3, 0.4) is 0 Å². The first-order valence-corrected chi connectivity index (χ1v) is 12.1. The average Bonchev–Trinajstić information content (AvgIpc) is 3.13. The molecule has 178 valence electrons. The lowest BCUT2D eigenvalue weighted by molar-refractivity contribution is 0.0955. The zero-order chi connectivity index (χ0) is 24.5. The maximum atomic E-state index is 11.7. The van der Waals surface area contributed by atoms with E-state index in [-0.39, 0.29) is 0 Å². The van der Waals surface area contributed by atoms with E-state index in [0.717, 1.165) is 43.4 Å². The quantitative estimate of drug-likeness (QED) is 0.310. The molecular formula is C26H29BrN4O3. The molecule has 0 saturated heterocycles. The van der Waals surface area contributed by atoms with Gasteiger partial charge in [-0.25, -0.2) is 9.78 Å². The molecule has 0 bridgehead atoms. The van der Waals surface area contributed by atoms with E-state index >= 15 is 0 Å². The van der Waals surface area contributed by atoms with Gasteiger partial charge in [-0.05, 0) is 57.0 Å². The number of rotatable bonds is 7. The maximum Gasteiger partial charge on any atom is 0.408 e. The number of carbonyl (C=O) groups is 1. The molecule has 0 radical (unpaired) electrons. The van der Waals surface area contributed by atoms with Crippen molar-refractivity contribution in [2.75, 3.05) is 6.61 Å². The smallest absolute Gasteiger partial charge is 0.408 e. The molecule has 8 heteroatoms. The van der Waals surface area contributed by atoms with Crippen molar-refractivity contribution in [1.29, 1.82) is 0 Å². The Labute approximate surface area is 207 Å². The van der Waals surface area contributed by atoms with Crippen molar-refractivity contribution in [3.8, 4) is 0 Å². The lowest BCUT2D eigenvalue weighted by Crippen LogP contribution is -2.44.